The van der Waals surface area contributed by atoms with Crippen LogP contribution in [0.4, 0.5) is 5.00 Å². The van der Waals surface area contributed by atoms with Crippen molar-refractivity contribution in [2.75, 3.05) is 25.0 Å². The highest BCUT2D eigenvalue weighted by atomic mass is 32.1. The van der Waals surface area contributed by atoms with E-state index < -0.39 is 0 Å². The molecule has 1 heterocycles. The van der Waals surface area contributed by atoms with Crippen molar-refractivity contribution in [3.63, 3.8) is 0 Å². The Balaban J connectivity index is 2.18. The molecular weight excluding hydrogens is 436 g/mol. The molecule has 0 unspecified atom stereocenters. The van der Waals surface area contributed by atoms with Gasteiger partial charge in [-0.2, -0.15) is 0 Å². The van der Waals surface area contributed by atoms with Crippen molar-refractivity contribution in [1.82, 2.24) is 4.90 Å². The van der Waals surface area contributed by atoms with E-state index in [0.29, 0.717) is 6.61 Å². The number of unbranched alkanes of at least 4 members (excludes halogenated alkanes) is 6. The Kier molecular flexibility index (Phi) is 13.3. The fraction of sp³-hybridized carbons (Fsp3) is 0.769. The maximum atomic E-state index is 12.9. The Hall–Kier alpha value is -1.14. The number of rotatable bonds is 13. The molecule has 0 fully saturated rings. The number of anilines is 1. The van der Waals surface area contributed by atoms with E-state index in [1.165, 1.54) is 68.2 Å². The molecule has 1 aliphatic rings. The minimum atomic E-state index is -0.201. The van der Waals surface area contributed by atoms with Gasteiger partial charge in [-0.3, -0.25) is 0 Å². The quantitative estimate of drug-likeness (QED) is 0.178. The summed E-state index contributed by atoms with van der Waals surface area (Å²) in [6, 6.07) is 0. The fourth-order valence-corrected chi connectivity index (χ4v) is 6.00. The summed E-state index contributed by atoms with van der Waals surface area (Å²) in [6.45, 7) is 8.73. The molecule has 0 bridgehead atoms. The number of hydrogen-bond donors (Lipinski definition) is 1. The minimum Gasteiger partial charge on any atom is -0.462 e. The molecule has 32 heavy (non-hydrogen) atoms. The van der Waals surface area contributed by atoms with Crippen LogP contribution in [0.5, 0.6) is 0 Å². The monoisotopic (exact) mass is 480 g/mol. The molecule has 182 valence electrons. The molecule has 6 heteroatoms. The van der Waals surface area contributed by atoms with Crippen molar-refractivity contribution >= 4 is 39.6 Å². The van der Waals surface area contributed by atoms with Gasteiger partial charge in [-0.05, 0) is 63.2 Å². The van der Waals surface area contributed by atoms with Crippen molar-refractivity contribution in [1.29, 1.82) is 0 Å². The van der Waals surface area contributed by atoms with Gasteiger partial charge in [0.1, 0.15) is 5.00 Å². The minimum absolute atomic E-state index is 0.201. The molecule has 0 aromatic carbocycles. The first-order valence-electron chi connectivity index (χ1n) is 13.0. The number of aryl methyl sites for hydroxylation is 1. The first-order chi connectivity index (χ1) is 15.6. The van der Waals surface area contributed by atoms with Crippen LogP contribution in [0.15, 0.2) is 0 Å². The van der Waals surface area contributed by atoms with Gasteiger partial charge in [0, 0.05) is 18.0 Å². The zero-order chi connectivity index (χ0) is 23.2. The van der Waals surface area contributed by atoms with Gasteiger partial charge in [0.15, 0.2) is 5.11 Å². The van der Waals surface area contributed by atoms with Crippen LogP contribution in [0.3, 0.4) is 0 Å². The van der Waals surface area contributed by atoms with E-state index in [0.717, 1.165) is 60.9 Å². The van der Waals surface area contributed by atoms with Gasteiger partial charge < -0.3 is 15.0 Å². The maximum Gasteiger partial charge on any atom is 0.341 e. The first kappa shape index (κ1) is 27.1. The summed E-state index contributed by atoms with van der Waals surface area (Å²) in [5, 5.41) is 5.16. The Morgan fingerprint density at radius 2 is 1.56 bits per heavy atom. The Labute approximate surface area is 205 Å². The smallest absolute Gasteiger partial charge is 0.341 e. The molecule has 2 rings (SSSR count). The molecule has 1 N–H and O–H groups in total. The third kappa shape index (κ3) is 8.66. The van der Waals surface area contributed by atoms with Gasteiger partial charge in [0.2, 0.25) is 0 Å². The molecule has 0 radical (unpaired) electrons. The summed E-state index contributed by atoms with van der Waals surface area (Å²) in [4.78, 5) is 16.6. The normalized spacial score (nSPS) is 13.7. The Morgan fingerprint density at radius 3 is 2.16 bits per heavy atom. The molecule has 0 saturated carbocycles. The Morgan fingerprint density at radius 1 is 0.938 bits per heavy atom. The second-order valence-corrected chi connectivity index (χ2v) is 10.4. The summed E-state index contributed by atoms with van der Waals surface area (Å²) in [6.07, 6.45) is 16.7. The molecule has 0 atom stereocenters. The van der Waals surface area contributed by atoms with Crippen LogP contribution in [0, 0.1) is 0 Å². The van der Waals surface area contributed by atoms with Gasteiger partial charge in [-0.25, -0.2) is 4.79 Å². The van der Waals surface area contributed by atoms with Crippen LogP contribution in [0.1, 0.15) is 119 Å². The van der Waals surface area contributed by atoms with E-state index in [-0.39, 0.29) is 5.97 Å². The Bertz CT molecular complexity index is 690. The molecule has 0 aliphatic heterocycles. The summed E-state index contributed by atoms with van der Waals surface area (Å²) < 4.78 is 5.46. The number of carbonyl (C=O) groups excluding carboxylic acids is 1. The fourth-order valence-electron chi connectivity index (χ4n) is 4.38. The zero-order valence-corrected chi connectivity index (χ0v) is 22.2. The van der Waals surface area contributed by atoms with E-state index in [9.17, 15) is 4.79 Å². The lowest BCUT2D eigenvalue weighted by Crippen LogP contribution is -2.36. The van der Waals surface area contributed by atoms with Crippen LogP contribution in [-0.2, 0) is 17.6 Å². The van der Waals surface area contributed by atoms with Gasteiger partial charge in [-0.1, -0.05) is 65.2 Å². The molecule has 4 nitrogen and oxygen atoms in total. The lowest BCUT2D eigenvalue weighted by molar-refractivity contribution is 0.0526. The van der Waals surface area contributed by atoms with Gasteiger partial charge in [-0.15, -0.1) is 11.3 Å². The molecule has 0 saturated heterocycles. The van der Waals surface area contributed by atoms with E-state index >= 15 is 0 Å². The van der Waals surface area contributed by atoms with Crippen molar-refractivity contribution in [3.8, 4) is 0 Å². The summed E-state index contributed by atoms with van der Waals surface area (Å²) in [5.41, 5.74) is 1.95. The zero-order valence-electron chi connectivity index (χ0n) is 20.6. The van der Waals surface area contributed by atoms with E-state index in [2.05, 4.69) is 24.1 Å². The molecule has 1 aromatic heterocycles. The molecule has 1 aromatic rings. The number of fused-ring (bicyclic) bond motifs is 1. The third-order valence-electron chi connectivity index (χ3n) is 6.22. The number of nitrogens with one attached hydrogen (secondary N) is 1. The number of nitrogens with zero attached hydrogens (tertiary/aromatic N) is 1. The number of ether oxygens (including phenoxy) is 1. The van der Waals surface area contributed by atoms with Crippen molar-refractivity contribution in [2.24, 2.45) is 0 Å². The van der Waals surface area contributed by atoms with Crippen molar-refractivity contribution in [3.05, 3.63) is 16.0 Å². The van der Waals surface area contributed by atoms with E-state index in [1.54, 1.807) is 11.3 Å². The first-order valence-corrected chi connectivity index (χ1v) is 14.2. The predicted molar refractivity (Wildman–Crippen MR) is 142 cm³/mol. The summed E-state index contributed by atoms with van der Waals surface area (Å²) in [7, 11) is 0. The molecular formula is C26H44N2O2S2. The molecule has 0 amide bonds. The van der Waals surface area contributed by atoms with Gasteiger partial charge in [0.05, 0.1) is 12.2 Å². The van der Waals surface area contributed by atoms with Gasteiger partial charge in [0.25, 0.3) is 0 Å². The van der Waals surface area contributed by atoms with Crippen LogP contribution >= 0.6 is 23.6 Å². The average Bonchev–Trinajstić information content (AvgIpc) is 3.08. The van der Waals surface area contributed by atoms with E-state index in [4.69, 9.17) is 17.0 Å². The second-order valence-electron chi connectivity index (χ2n) is 8.88. The maximum absolute atomic E-state index is 12.9. The highest BCUT2D eigenvalue weighted by molar-refractivity contribution is 7.80. The lowest BCUT2D eigenvalue weighted by Gasteiger charge is -2.26. The summed E-state index contributed by atoms with van der Waals surface area (Å²) >= 11 is 7.61. The van der Waals surface area contributed by atoms with Crippen LogP contribution in [0.25, 0.3) is 0 Å². The van der Waals surface area contributed by atoms with Crippen molar-refractivity contribution in [2.45, 2.75) is 111 Å². The van der Waals surface area contributed by atoms with Crippen LogP contribution in [-0.4, -0.2) is 35.7 Å². The molecule has 1 aliphatic carbocycles. The van der Waals surface area contributed by atoms with Crippen molar-refractivity contribution < 1.29 is 9.53 Å². The molecule has 0 spiro atoms. The van der Waals surface area contributed by atoms with Crippen LogP contribution < -0.4 is 5.32 Å². The van der Waals surface area contributed by atoms with E-state index in [1.807, 2.05) is 6.92 Å². The number of hydrogen-bond acceptors (Lipinski definition) is 4. The SMILES string of the molecule is CCCCCCN(CCCCCC)C(=S)Nc1sc2c(c1C(=O)OCC)CCCCCC2. The largest absolute Gasteiger partial charge is 0.462 e. The number of esters is 1. The highest BCUT2D eigenvalue weighted by Gasteiger charge is 2.26. The topological polar surface area (TPSA) is 41.6 Å². The predicted octanol–water partition coefficient (Wildman–Crippen LogP) is 7.74. The number of thiophene rings is 1. The van der Waals surface area contributed by atoms with Crippen LogP contribution in [0.2, 0.25) is 0 Å². The second kappa shape index (κ2) is 15.7. The standard InChI is InChI=1S/C26H44N2O2S2/c1-4-7-9-15-19-28(20-16-10-8-5-2)26(31)27-24-23(25(29)30-6-3)21-17-13-11-12-14-18-22(21)32-24/h4-20H2,1-3H3,(H,27,31). The van der Waals surface area contributed by atoms with Gasteiger partial charge >= 0.3 is 5.97 Å². The number of carbonyl (C=O) groups is 1. The average molecular weight is 481 g/mol. The lowest BCUT2D eigenvalue weighted by atomic mass is 9.96. The highest BCUT2D eigenvalue weighted by Crippen LogP contribution is 2.37. The third-order valence-corrected chi connectivity index (χ3v) is 7.79. The summed E-state index contributed by atoms with van der Waals surface area (Å²) in [5.74, 6) is -0.201. The number of thiocarbonyl (C=S) groups is 1.